The molecule has 30 heavy (non-hydrogen) atoms. The number of carbonyl (C=O) groups excluding carboxylic acids is 3. The maximum absolute atomic E-state index is 13.1. The van der Waals surface area contributed by atoms with Gasteiger partial charge in [-0.05, 0) is 25.0 Å². The van der Waals surface area contributed by atoms with E-state index in [4.69, 9.17) is 9.47 Å². The fourth-order valence-corrected chi connectivity index (χ4v) is 3.68. The van der Waals surface area contributed by atoms with Crippen LogP contribution in [0.1, 0.15) is 43.5 Å². The second kappa shape index (κ2) is 9.91. The van der Waals surface area contributed by atoms with Crippen molar-refractivity contribution in [2.75, 3.05) is 19.8 Å². The van der Waals surface area contributed by atoms with Crippen LogP contribution in [0, 0.1) is 0 Å². The molecule has 0 aliphatic carbocycles. The highest BCUT2D eigenvalue weighted by atomic mass is 16.6. The van der Waals surface area contributed by atoms with Gasteiger partial charge in [0, 0.05) is 0 Å². The molecule has 2 atom stereocenters. The number of hydrogen-bond acceptors (Lipinski definition) is 5. The molecule has 0 spiro atoms. The molecule has 0 radical (unpaired) electrons. The van der Waals surface area contributed by atoms with Crippen molar-refractivity contribution in [2.45, 2.75) is 32.4 Å². The number of amides is 3. The number of imide groups is 1. The maximum atomic E-state index is 13.1. The zero-order valence-electron chi connectivity index (χ0n) is 17.2. The third-order valence-corrected chi connectivity index (χ3v) is 5.03. The molecule has 1 saturated heterocycles. The van der Waals surface area contributed by atoms with Gasteiger partial charge in [-0.25, -0.2) is 14.5 Å². The summed E-state index contributed by atoms with van der Waals surface area (Å²) in [6.07, 6.45) is -1.29. The minimum absolute atomic E-state index is 0.0101. The maximum Gasteiger partial charge on any atom is 0.416 e. The van der Waals surface area contributed by atoms with Crippen LogP contribution in [0.4, 0.5) is 9.59 Å². The Bertz CT molecular complexity index is 872. The molecule has 2 aromatic carbocycles. The summed E-state index contributed by atoms with van der Waals surface area (Å²) in [5, 5.41) is 0. The second-order valence-corrected chi connectivity index (χ2v) is 6.87. The molecule has 7 heteroatoms. The third kappa shape index (κ3) is 4.62. The fourth-order valence-electron chi connectivity index (χ4n) is 3.68. The smallest absolute Gasteiger partial charge is 0.416 e. The molecular weight excluding hydrogens is 384 g/mol. The van der Waals surface area contributed by atoms with E-state index in [1.165, 1.54) is 0 Å². The highest BCUT2D eigenvalue weighted by molar-refractivity contribution is 5.93. The van der Waals surface area contributed by atoms with Crippen LogP contribution in [0.15, 0.2) is 60.7 Å². The first-order chi connectivity index (χ1) is 14.6. The Morgan fingerprint density at radius 1 is 0.833 bits per heavy atom. The first-order valence-corrected chi connectivity index (χ1v) is 10.1. The summed E-state index contributed by atoms with van der Waals surface area (Å²) in [5.41, 5.74) is 1.60. The summed E-state index contributed by atoms with van der Waals surface area (Å²) in [5.74, 6) is -0.393. The van der Waals surface area contributed by atoms with E-state index in [1.54, 1.807) is 18.7 Å². The molecule has 3 rings (SSSR count). The van der Waals surface area contributed by atoms with E-state index >= 15 is 0 Å². The minimum Gasteiger partial charge on any atom is -0.450 e. The predicted molar refractivity (Wildman–Crippen MR) is 111 cm³/mol. The molecule has 1 heterocycles. The van der Waals surface area contributed by atoms with Crippen molar-refractivity contribution in [3.8, 4) is 0 Å². The molecule has 0 aromatic heterocycles. The van der Waals surface area contributed by atoms with E-state index in [1.807, 2.05) is 60.7 Å². The predicted octanol–water partition coefficient (Wildman–Crippen LogP) is 4.32. The van der Waals surface area contributed by atoms with Crippen LogP contribution >= 0.6 is 0 Å². The van der Waals surface area contributed by atoms with Crippen molar-refractivity contribution in [1.29, 1.82) is 0 Å². The van der Waals surface area contributed by atoms with Gasteiger partial charge < -0.3 is 9.47 Å². The summed E-state index contributed by atoms with van der Waals surface area (Å²) in [7, 11) is 0. The lowest BCUT2D eigenvalue weighted by atomic mass is 9.98. The van der Waals surface area contributed by atoms with Gasteiger partial charge in [0.05, 0.1) is 38.3 Å². The number of benzene rings is 2. The highest BCUT2D eigenvalue weighted by Gasteiger charge is 2.42. The lowest BCUT2D eigenvalue weighted by molar-refractivity contribution is -0.129. The quantitative estimate of drug-likeness (QED) is 0.750. The molecule has 1 aliphatic rings. The molecule has 1 aliphatic heterocycles. The number of carbonyl (C=O) groups is 3. The largest absolute Gasteiger partial charge is 0.450 e. The van der Waals surface area contributed by atoms with E-state index in [9.17, 15) is 14.4 Å². The van der Waals surface area contributed by atoms with Crippen LogP contribution in [-0.2, 0) is 14.3 Å². The number of hydrogen-bond donors (Lipinski definition) is 0. The number of rotatable bonds is 4. The standard InChI is InChI=1S/C23H26N2O5/c1-3-29-22(27)24-16-20(18-13-9-6-10-14-18)25(23(28)30-4-2)19(15-21(24)26)17-11-7-5-8-12-17/h5-14,19-20H,3-4,15-16H2,1-2H3/t19-,20+/m0/s1. The molecule has 1 fully saturated rings. The topological polar surface area (TPSA) is 76.2 Å². The van der Waals surface area contributed by atoms with E-state index in [2.05, 4.69) is 0 Å². The highest BCUT2D eigenvalue weighted by Crippen LogP contribution is 2.37. The lowest BCUT2D eigenvalue weighted by Crippen LogP contribution is -2.42. The Hall–Kier alpha value is -3.35. The van der Waals surface area contributed by atoms with Crippen molar-refractivity contribution >= 4 is 18.1 Å². The van der Waals surface area contributed by atoms with Crippen LogP contribution < -0.4 is 0 Å². The summed E-state index contributed by atoms with van der Waals surface area (Å²) in [6.45, 7) is 3.77. The second-order valence-electron chi connectivity index (χ2n) is 6.87. The van der Waals surface area contributed by atoms with E-state index in [0.29, 0.717) is 0 Å². The first kappa shape index (κ1) is 21.4. The van der Waals surface area contributed by atoms with E-state index < -0.39 is 30.2 Å². The molecule has 7 nitrogen and oxygen atoms in total. The lowest BCUT2D eigenvalue weighted by Gasteiger charge is -2.35. The Labute approximate surface area is 176 Å². The molecule has 0 saturated carbocycles. The Morgan fingerprint density at radius 3 is 1.87 bits per heavy atom. The van der Waals surface area contributed by atoms with Gasteiger partial charge in [0.15, 0.2) is 0 Å². The van der Waals surface area contributed by atoms with Crippen LogP contribution in [0.5, 0.6) is 0 Å². The van der Waals surface area contributed by atoms with Crippen molar-refractivity contribution in [2.24, 2.45) is 0 Å². The molecule has 0 unspecified atom stereocenters. The van der Waals surface area contributed by atoms with E-state index in [-0.39, 0.29) is 26.2 Å². The fraction of sp³-hybridized carbons (Fsp3) is 0.348. The molecular formula is C23H26N2O5. The van der Waals surface area contributed by atoms with E-state index in [0.717, 1.165) is 16.0 Å². The minimum atomic E-state index is -0.707. The monoisotopic (exact) mass is 410 g/mol. The Kier molecular flexibility index (Phi) is 7.06. The number of nitrogens with zero attached hydrogens (tertiary/aromatic N) is 2. The summed E-state index contributed by atoms with van der Waals surface area (Å²) < 4.78 is 10.5. The van der Waals surface area contributed by atoms with Gasteiger partial charge in [-0.15, -0.1) is 0 Å². The number of ether oxygens (including phenoxy) is 2. The average Bonchev–Trinajstić information content (AvgIpc) is 2.92. The summed E-state index contributed by atoms with van der Waals surface area (Å²) >= 11 is 0. The van der Waals surface area contributed by atoms with Gasteiger partial charge in [-0.1, -0.05) is 60.7 Å². The van der Waals surface area contributed by atoms with Crippen molar-refractivity contribution in [3.05, 3.63) is 71.8 Å². The summed E-state index contributed by atoms with van der Waals surface area (Å²) in [4.78, 5) is 41.3. The molecule has 0 N–H and O–H groups in total. The van der Waals surface area contributed by atoms with Crippen LogP contribution in [0.2, 0.25) is 0 Å². The molecule has 2 aromatic rings. The van der Waals surface area contributed by atoms with Gasteiger partial charge in [0.2, 0.25) is 5.91 Å². The van der Waals surface area contributed by atoms with Crippen LogP contribution in [-0.4, -0.2) is 47.7 Å². The zero-order valence-corrected chi connectivity index (χ0v) is 17.2. The van der Waals surface area contributed by atoms with Gasteiger partial charge >= 0.3 is 12.2 Å². The molecule has 3 amide bonds. The van der Waals surface area contributed by atoms with Crippen molar-refractivity contribution in [3.63, 3.8) is 0 Å². The zero-order chi connectivity index (χ0) is 21.5. The Morgan fingerprint density at radius 2 is 1.33 bits per heavy atom. The average molecular weight is 410 g/mol. The van der Waals surface area contributed by atoms with Gasteiger partial charge in [0.1, 0.15) is 0 Å². The summed E-state index contributed by atoms with van der Waals surface area (Å²) in [6, 6.07) is 17.5. The van der Waals surface area contributed by atoms with Crippen molar-refractivity contribution < 1.29 is 23.9 Å². The van der Waals surface area contributed by atoms with Crippen molar-refractivity contribution in [1.82, 2.24) is 9.80 Å². The van der Waals surface area contributed by atoms with Gasteiger partial charge in [0.25, 0.3) is 0 Å². The molecule has 158 valence electrons. The Balaban J connectivity index is 2.12. The molecule has 0 bridgehead atoms. The van der Waals surface area contributed by atoms with Crippen LogP contribution in [0.25, 0.3) is 0 Å². The van der Waals surface area contributed by atoms with Crippen LogP contribution in [0.3, 0.4) is 0 Å². The van der Waals surface area contributed by atoms with Gasteiger partial charge in [-0.2, -0.15) is 0 Å². The SMILES string of the molecule is CCOC(=O)N1C[C@H](c2ccccc2)N(C(=O)OCC)[C@H](c2ccccc2)CC1=O. The third-order valence-electron chi connectivity index (χ3n) is 5.03. The van der Waals surface area contributed by atoms with Gasteiger partial charge in [-0.3, -0.25) is 9.69 Å². The normalized spacial score (nSPS) is 19.2. The first-order valence-electron chi connectivity index (χ1n) is 10.1.